The summed E-state index contributed by atoms with van der Waals surface area (Å²) in [7, 11) is 1.70. The summed E-state index contributed by atoms with van der Waals surface area (Å²) in [5.41, 5.74) is 11.0. The number of benzene rings is 2. The van der Waals surface area contributed by atoms with E-state index in [-0.39, 0.29) is 12.4 Å². The maximum absolute atomic E-state index is 6.10. The van der Waals surface area contributed by atoms with Crippen LogP contribution in [0, 0.1) is 0 Å². The average Bonchev–Trinajstić information content (AvgIpc) is 2.54. The molecule has 0 fully saturated rings. The fourth-order valence-electron chi connectivity index (χ4n) is 3.02. The third kappa shape index (κ3) is 3.47. The van der Waals surface area contributed by atoms with E-state index in [1.807, 2.05) is 18.2 Å². The number of hydrogen-bond acceptors (Lipinski definition) is 3. The molecule has 0 radical (unpaired) electrons. The Labute approximate surface area is 138 Å². The number of methoxy groups -OCH3 is 1. The van der Waals surface area contributed by atoms with Crippen molar-refractivity contribution in [1.82, 2.24) is 0 Å². The molecular weight excluding hydrogens is 296 g/mol. The van der Waals surface area contributed by atoms with Gasteiger partial charge in [-0.3, -0.25) is 0 Å². The minimum absolute atomic E-state index is 0. The van der Waals surface area contributed by atoms with Crippen molar-refractivity contribution in [3.63, 3.8) is 0 Å². The van der Waals surface area contributed by atoms with Gasteiger partial charge in [-0.2, -0.15) is 0 Å². The van der Waals surface area contributed by atoms with Crippen LogP contribution in [0.25, 0.3) is 0 Å². The van der Waals surface area contributed by atoms with Crippen LogP contribution < -0.4 is 15.4 Å². The number of nitrogen functional groups attached to an aromatic ring is 1. The molecule has 1 aliphatic rings. The minimum atomic E-state index is 0. The lowest BCUT2D eigenvalue weighted by molar-refractivity contribution is 0.414. The van der Waals surface area contributed by atoms with Gasteiger partial charge >= 0.3 is 0 Å². The molecule has 3 nitrogen and oxygen atoms in total. The summed E-state index contributed by atoms with van der Waals surface area (Å²) in [4.78, 5) is 2.46. The molecule has 2 N–H and O–H groups in total. The Morgan fingerprint density at radius 1 is 1.14 bits per heavy atom. The summed E-state index contributed by atoms with van der Waals surface area (Å²) in [6.07, 6.45) is 3.32. The lowest BCUT2D eigenvalue weighted by atomic mass is 9.99. The normalized spacial score (nSPS) is 13.2. The van der Waals surface area contributed by atoms with E-state index in [2.05, 4.69) is 29.2 Å². The van der Waals surface area contributed by atoms with E-state index in [0.29, 0.717) is 0 Å². The zero-order valence-corrected chi connectivity index (χ0v) is 13.7. The number of halogens is 1. The van der Waals surface area contributed by atoms with Crippen molar-refractivity contribution in [3.8, 4) is 5.75 Å². The van der Waals surface area contributed by atoms with Crippen LogP contribution in [-0.4, -0.2) is 20.2 Å². The van der Waals surface area contributed by atoms with Gasteiger partial charge in [-0.1, -0.05) is 18.2 Å². The molecule has 0 spiro atoms. The quantitative estimate of drug-likeness (QED) is 0.874. The lowest BCUT2D eigenvalue weighted by Gasteiger charge is -2.32. The minimum Gasteiger partial charge on any atom is -0.497 e. The van der Waals surface area contributed by atoms with Crippen molar-refractivity contribution >= 4 is 23.8 Å². The van der Waals surface area contributed by atoms with Gasteiger partial charge in [0.05, 0.1) is 7.11 Å². The fraction of sp³-hybridized carbons (Fsp3) is 0.333. The van der Waals surface area contributed by atoms with Gasteiger partial charge in [0, 0.05) is 24.5 Å². The Bertz CT molecular complexity index is 613. The summed E-state index contributed by atoms with van der Waals surface area (Å²) in [5.74, 6) is 0.912. The molecular formula is C18H23ClN2O. The SMILES string of the molecule is COc1ccc(CCN2CCCc3c(N)cccc32)cc1.Cl. The first kappa shape index (κ1) is 16.5. The van der Waals surface area contributed by atoms with Crippen molar-refractivity contribution in [2.75, 3.05) is 30.8 Å². The largest absolute Gasteiger partial charge is 0.497 e. The molecule has 3 rings (SSSR count). The second kappa shape index (κ2) is 7.41. The lowest BCUT2D eigenvalue weighted by Crippen LogP contribution is -2.31. The zero-order chi connectivity index (χ0) is 14.7. The fourth-order valence-corrected chi connectivity index (χ4v) is 3.02. The summed E-state index contributed by atoms with van der Waals surface area (Å²) >= 11 is 0. The standard InChI is InChI=1S/C18H22N2O.ClH/c1-21-15-9-7-14(8-10-15)11-13-20-12-3-4-16-17(19)5-2-6-18(16)20;/h2,5-10H,3-4,11-13,19H2,1H3;1H. The first-order valence-electron chi connectivity index (χ1n) is 7.53. The Morgan fingerprint density at radius 2 is 1.91 bits per heavy atom. The van der Waals surface area contributed by atoms with Crippen molar-refractivity contribution in [2.45, 2.75) is 19.3 Å². The molecule has 2 aromatic rings. The molecule has 0 saturated heterocycles. The number of hydrogen-bond donors (Lipinski definition) is 1. The van der Waals surface area contributed by atoms with Gasteiger partial charge in [0.1, 0.15) is 5.75 Å². The van der Waals surface area contributed by atoms with E-state index in [1.54, 1.807) is 7.11 Å². The maximum Gasteiger partial charge on any atom is 0.118 e. The number of anilines is 2. The molecule has 0 aromatic heterocycles. The van der Waals surface area contributed by atoms with E-state index >= 15 is 0 Å². The van der Waals surface area contributed by atoms with Gasteiger partial charge in [-0.15, -0.1) is 12.4 Å². The molecule has 0 unspecified atom stereocenters. The van der Waals surface area contributed by atoms with Crippen LogP contribution in [0.15, 0.2) is 42.5 Å². The number of nitrogens with zero attached hydrogens (tertiary/aromatic N) is 1. The number of ether oxygens (including phenoxy) is 1. The van der Waals surface area contributed by atoms with Crippen LogP contribution in [0.1, 0.15) is 17.5 Å². The Hall–Kier alpha value is -1.87. The van der Waals surface area contributed by atoms with E-state index in [9.17, 15) is 0 Å². The maximum atomic E-state index is 6.10. The highest BCUT2D eigenvalue weighted by molar-refractivity contribution is 5.85. The molecule has 118 valence electrons. The summed E-state index contributed by atoms with van der Waals surface area (Å²) in [6.45, 7) is 2.15. The molecule has 1 heterocycles. The molecule has 0 amide bonds. The monoisotopic (exact) mass is 318 g/mol. The Balaban J connectivity index is 0.00000176. The highest BCUT2D eigenvalue weighted by atomic mass is 35.5. The van der Waals surface area contributed by atoms with Gasteiger partial charge in [0.25, 0.3) is 0 Å². The number of fused-ring (bicyclic) bond motifs is 1. The molecule has 0 atom stereocenters. The van der Waals surface area contributed by atoms with Crippen LogP contribution in [0.5, 0.6) is 5.75 Å². The van der Waals surface area contributed by atoms with E-state index in [4.69, 9.17) is 10.5 Å². The van der Waals surface area contributed by atoms with Crippen LogP contribution >= 0.6 is 12.4 Å². The second-order valence-electron chi connectivity index (χ2n) is 5.53. The molecule has 2 aromatic carbocycles. The van der Waals surface area contributed by atoms with Crippen LogP contribution in [0.4, 0.5) is 11.4 Å². The summed E-state index contributed by atoms with van der Waals surface area (Å²) < 4.78 is 5.20. The smallest absolute Gasteiger partial charge is 0.118 e. The third-order valence-electron chi connectivity index (χ3n) is 4.21. The van der Waals surface area contributed by atoms with Gasteiger partial charge in [0.2, 0.25) is 0 Å². The Morgan fingerprint density at radius 3 is 2.64 bits per heavy atom. The third-order valence-corrected chi connectivity index (χ3v) is 4.21. The highest BCUT2D eigenvalue weighted by Gasteiger charge is 2.18. The van der Waals surface area contributed by atoms with Gasteiger partial charge in [-0.05, 0) is 54.7 Å². The molecule has 0 bridgehead atoms. The van der Waals surface area contributed by atoms with Crippen molar-refractivity contribution in [2.24, 2.45) is 0 Å². The van der Waals surface area contributed by atoms with Crippen molar-refractivity contribution < 1.29 is 4.74 Å². The van der Waals surface area contributed by atoms with Gasteiger partial charge in [-0.25, -0.2) is 0 Å². The zero-order valence-electron chi connectivity index (χ0n) is 12.9. The van der Waals surface area contributed by atoms with Gasteiger partial charge < -0.3 is 15.4 Å². The topological polar surface area (TPSA) is 38.5 Å². The van der Waals surface area contributed by atoms with Crippen LogP contribution in [-0.2, 0) is 12.8 Å². The summed E-state index contributed by atoms with van der Waals surface area (Å²) in [6, 6.07) is 14.6. The first-order valence-corrected chi connectivity index (χ1v) is 7.53. The predicted octanol–water partition coefficient (Wildman–Crippen LogP) is 3.69. The molecule has 0 saturated carbocycles. The van der Waals surface area contributed by atoms with Crippen LogP contribution in [0.2, 0.25) is 0 Å². The molecule has 1 aliphatic heterocycles. The summed E-state index contributed by atoms with van der Waals surface area (Å²) in [5, 5.41) is 0. The first-order chi connectivity index (χ1) is 10.3. The van der Waals surface area contributed by atoms with E-state index in [1.165, 1.54) is 23.2 Å². The predicted molar refractivity (Wildman–Crippen MR) is 95.3 cm³/mol. The van der Waals surface area contributed by atoms with E-state index < -0.39 is 0 Å². The van der Waals surface area contributed by atoms with Crippen molar-refractivity contribution in [1.29, 1.82) is 0 Å². The number of rotatable bonds is 4. The second-order valence-corrected chi connectivity index (χ2v) is 5.53. The van der Waals surface area contributed by atoms with Gasteiger partial charge in [0.15, 0.2) is 0 Å². The molecule has 0 aliphatic carbocycles. The number of nitrogens with two attached hydrogens (primary N) is 1. The van der Waals surface area contributed by atoms with Crippen molar-refractivity contribution in [3.05, 3.63) is 53.6 Å². The van der Waals surface area contributed by atoms with E-state index in [0.717, 1.165) is 37.4 Å². The highest BCUT2D eigenvalue weighted by Crippen LogP contribution is 2.31. The van der Waals surface area contributed by atoms with Crippen LogP contribution in [0.3, 0.4) is 0 Å². The Kier molecular flexibility index (Phi) is 5.56. The molecule has 4 heteroatoms. The molecule has 22 heavy (non-hydrogen) atoms. The average molecular weight is 319 g/mol.